The molecule has 34 heavy (non-hydrogen) atoms. The predicted molar refractivity (Wildman–Crippen MR) is 138 cm³/mol. The van der Waals surface area contributed by atoms with Crippen LogP contribution >= 0.6 is 7.92 Å². The maximum Gasteiger partial charge on any atom is -1.00 e. The summed E-state index contributed by atoms with van der Waals surface area (Å²) in [5, 5.41) is 1.83. The largest absolute Gasteiger partial charge is 1.00 e. The Labute approximate surface area is 231 Å². The van der Waals surface area contributed by atoms with Crippen LogP contribution in [0.3, 0.4) is 0 Å². The van der Waals surface area contributed by atoms with Gasteiger partial charge in [0.2, 0.25) is 0 Å². The van der Waals surface area contributed by atoms with E-state index < -0.39 is 22.9 Å². The fraction of sp³-hybridized carbons (Fsp3) is 0.333. The molecule has 3 unspecified atom stereocenters. The van der Waals surface area contributed by atoms with Gasteiger partial charge in [-0.15, -0.1) is 0 Å². The minimum absolute atomic E-state index is 0. The molecule has 0 spiro atoms. The van der Waals surface area contributed by atoms with Crippen LogP contribution in [-0.4, -0.2) is 11.3 Å². The first kappa shape index (κ1) is 27.9. The fourth-order valence-corrected chi connectivity index (χ4v) is 16.6. The maximum atomic E-state index is 2.63. The zero-order valence-corrected chi connectivity index (χ0v) is 26.5. The standard InChI is InChI=1S/C17H24P.C13H9.2ClH.Hf/c1-5-13(3)18(14(4)6-2)17-11-15-9-7-8-10-16(15)12-17;1-3-7-12-10(5-1)9-11-6-2-4-8-13(11)12;;;/h7-14H,5-6H2,1-4H3;1-5,7-8H,9H2;2*1H;/q;;;;+2/p-2. The monoisotopic (exact) mass is 674 g/mol. The van der Waals surface area contributed by atoms with E-state index in [4.69, 9.17) is 0 Å². The topological polar surface area (TPSA) is 0 Å². The first-order chi connectivity index (χ1) is 15.6. The predicted octanol–water partition coefficient (Wildman–Crippen LogP) is 2.15. The number of halogens is 2. The molecule has 0 N–H and O–H groups in total. The van der Waals surface area contributed by atoms with Gasteiger partial charge in [0.1, 0.15) is 0 Å². The zero-order valence-electron chi connectivity index (χ0n) is 20.5. The molecule has 0 fully saturated rings. The van der Waals surface area contributed by atoms with Gasteiger partial charge in [-0.05, 0) is 0 Å². The number of rotatable bonds is 7. The SMILES string of the molecule is CCC(C)P(C1=Cc2ccccc2[CH]1[Hf+2][c]1cccc2c1Cc1ccccc1-2)C(C)CC.[Cl-].[Cl-]. The molecule has 0 heterocycles. The summed E-state index contributed by atoms with van der Waals surface area (Å²) in [6.45, 7) is 9.82. The first-order valence-electron chi connectivity index (χ1n) is 12.2. The Morgan fingerprint density at radius 3 is 2.21 bits per heavy atom. The van der Waals surface area contributed by atoms with E-state index in [1.165, 1.54) is 35.1 Å². The van der Waals surface area contributed by atoms with Crippen molar-refractivity contribution < 1.29 is 47.7 Å². The Kier molecular flexibility index (Phi) is 9.84. The van der Waals surface area contributed by atoms with Crippen molar-refractivity contribution in [1.29, 1.82) is 0 Å². The summed E-state index contributed by atoms with van der Waals surface area (Å²) in [4.78, 5) is 0. The summed E-state index contributed by atoms with van der Waals surface area (Å²) in [7, 11) is -0.109. The Morgan fingerprint density at radius 2 is 1.47 bits per heavy atom. The molecule has 3 aromatic carbocycles. The number of fused-ring (bicyclic) bond motifs is 4. The molecule has 5 rings (SSSR count). The van der Waals surface area contributed by atoms with Crippen LogP contribution in [0.15, 0.2) is 72.0 Å². The van der Waals surface area contributed by atoms with E-state index in [0.717, 1.165) is 21.4 Å². The second-order valence-corrected chi connectivity index (χ2v) is 17.5. The molecule has 0 aliphatic heterocycles. The molecule has 0 saturated heterocycles. The number of benzene rings is 3. The van der Waals surface area contributed by atoms with Gasteiger partial charge in [0.25, 0.3) is 0 Å². The Hall–Kier alpha value is -0.720. The minimum atomic E-state index is -1.15. The van der Waals surface area contributed by atoms with Crippen molar-refractivity contribution in [3.63, 3.8) is 0 Å². The fourth-order valence-electron chi connectivity index (χ4n) is 5.47. The normalized spacial score (nSPS) is 17.6. The summed E-state index contributed by atoms with van der Waals surface area (Å²) in [6, 6.07) is 25.5. The Morgan fingerprint density at radius 1 is 0.824 bits per heavy atom. The maximum absolute atomic E-state index is 2.63. The van der Waals surface area contributed by atoms with Crippen LogP contribution in [0.2, 0.25) is 0 Å². The van der Waals surface area contributed by atoms with Crippen LogP contribution in [0.1, 0.15) is 66.5 Å². The molecule has 176 valence electrons. The second kappa shape index (κ2) is 12.0. The Balaban J connectivity index is 0.00000162. The van der Waals surface area contributed by atoms with E-state index in [-0.39, 0.29) is 32.7 Å². The van der Waals surface area contributed by atoms with Crippen molar-refractivity contribution in [1.82, 2.24) is 0 Å². The minimum Gasteiger partial charge on any atom is -1.00 e. The molecule has 3 atom stereocenters. The van der Waals surface area contributed by atoms with Gasteiger partial charge >= 0.3 is 208 Å². The summed E-state index contributed by atoms with van der Waals surface area (Å²) in [5.74, 6) is 0. The molecule has 2 aliphatic carbocycles. The summed E-state index contributed by atoms with van der Waals surface area (Å²) < 4.78 is 2.46. The first-order valence-corrected chi connectivity index (χ1v) is 17.5. The summed E-state index contributed by atoms with van der Waals surface area (Å²) >= 11 is -1.15. The van der Waals surface area contributed by atoms with Gasteiger partial charge in [-0.2, -0.15) is 0 Å². The van der Waals surface area contributed by atoms with Crippen LogP contribution < -0.4 is 28.1 Å². The molecule has 0 bridgehead atoms. The van der Waals surface area contributed by atoms with Crippen LogP contribution in [0.4, 0.5) is 0 Å². The Bertz CT molecular complexity index is 1160. The molecule has 0 amide bonds. The van der Waals surface area contributed by atoms with Crippen molar-refractivity contribution >= 4 is 17.3 Å². The van der Waals surface area contributed by atoms with Crippen molar-refractivity contribution in [2.24, 2.45) is 0 Å². The molecule has 2 aliphatic rings. The number of hydrogen-bond donors (Lipinski definition) is 0. The molecule has 0 nitrogen and oxygen atoms in total. The van der Waals surface area contributed by atoms with Crippen LogP contribution in [0.5, 0.6) is 0 Å². The molecule has 0 radical (unpaired) electrons. The molecular weight excluding hydrogens is 641 g/mol. The summed E-state index contributed by atoms with van der Waals surface area (Å²) in [6.07, 6.45) is 6.35. The zero-order chi connectivity index (χ0) is 22.2. The molecule has 4 heteroatoms. The third-order valence-corrected chi connectivity index (χ3v) is 18.0. The quantitative estimate of drug-likeness (QED) is 0.209. The molecule has 3 aromatic rings. The van der Waals surface area contributed by atoms with Crippen molar-refractivity contribution in [2.75, 3.05) is 0 Å². The van der Waals surface area contributed by atoms with Gasteiger partial charge in [-0.3, -0.25) is 0 Å². The van der Waals surface area contributed by atoms with E-state index >= 15 is 0 Å². The van der Waals surface area contributed by atoms with Gasteiger partial charge in [-0.1, -0.05) is 0 Å². The van der Waals surface area contributed by atoms with Gasteiger partial charge in [0.15, 0.2) is 0 Å². The molecular formula is C30H33Cl2HfP. The smallest absolute Gasteiger partial charge is 1.00 e. The second-order valence-electron chi connectivity index (χ2n) is 9.36. The average molecular weight is 674 g/mol. The van der Waals surface area contributed by atoms with E-state index in [1.54, 1.807) is 14.4 Å². The van der Waals surface area contributed by atoms with Crippen molar-refractivity contribution in [3.05, 3.63) is 94.3 Å². The third-order valence-electron chi connectivity index (χ3n) is 7.49. The van der Waals surface area contributed by atoms with E-state index in [2.05, 4.69) is 101 Å². The molecule has 0 saturated carbocycles. The van der Waals surface area contributed by atoms with Crippen LogP contribution in [0.25, 0.3) is 17.2 Å². The van der Waals surface area contributed by atoms with Crippen LogP contribution in [-0.2, 0) is 29.3 Å². The van der Waals surface area contributed by atoms with Gasteiger partial charge < -0.3 is 24.8 Å². The molecule has 0 aromatic heterocycles. The van der Waals surface area contributed by atoms with Crippen molar-refractivity contribution in [2.45, 2.75) is 61.9 Å². The van der Waals surface area contributed by atoms with E-state index in [0.29, 0.717) is 0 Å². The number of hydrogen-bond acceptors (Lipinski definition) is 0. The summed E-state index contributed by atoms with van der Waals surface area (Å²) in [5.41, 5.74) is 10.9. The van der Waals surface area contributed by atoms with Gasteiger partial charge in [-0.25, -0.2) is 0 Å². The average Bonchev–Trinajstić information content (AvgIpc) is 3.38. The number of allylic oxidation sites excluding steroid dienone is 1. The van der Waals surface area contributed by atoms with E-state index in [9.17, 15) is 0 Å². The third kappa shape index (κ3) is 5.06. The van der Waals surface area contributed by atoms with Gasteiger partial charge in [0.05, 0.1) is 0 Å². The van der Waals surface area contributed by atoms with Crippen molar-refractivity contribution in [3.8, 4) is 11.1 Å². The van der Waals surface area contributed by atoms with Crippen LogP contribution in [0, 0.1) is 0 Å². The van der Waals surface area contributed by atoms with Gasteiger partial charge in [0, 0.05) is 0 Å². The van der Waals surface area contributed by atoms with E-state index in [1.807, 2.05) is 5.31 Å².